The monoisotopic (exact) mass is 268 g/mol. The van der Waals surface area contributed by atoms with E-state index < -0.39 is 0 Å². The summed E-state index contributed by atoms with van der Waals surface area (Å²) >= 11 is 0. The van der Waals surface area contributed by atoms with Gasteiger partial charge in [-0.2, -0.15) is 0 Å². The molecule has 5 heteroatoms. The summed E-state index contributed by atoms with van der Waals surface area (Å²) < 4.78 is 0. The molecular weight excluding hydrogens is 252 g/mol. The van der Waals surface area contributed by atoms with Crippen molar-refractivity contribution in [3.05, 3.63) is 48.0 Å². The lowest BCUT2D eigenvalue weighted by Crippen LogP contribution is -2.25. The van der Waals surface area contributed by atoms with E-state index in [0.717, 1.165) is 18.7 Å². The largest absolute Gasteiger partial charge is 0.374 e. The van der Waals surface area contributed by atoms with Gasteiger partial charge in [0.15, 0.2) is 0 Å². The van der Waals surface area contributed by atoms with E-state index in [0.29, 0.717) is 5.69 Å². The van der Waals surface area contributed by atoms with E-state index in [1.54, 1.807) is 12.3 Å². The highest BCUT2D eigenvalue weighted by Crippen LogP contribution is 2.28. The molecule has 102 valence electrons. The Kier molecular flexibility index (Phi) is 3.33. The third-order valence-electron chi connectivity index (χ3n) is 3.51. The normalized spacial score (nSPS) is 13.8. The second-order valence-corrected chi connectivity index (χ2v) is 4.92. The van der Waals surface area contributed by atoms with Gasteiger partial charge in [-0.3, -0.25) is 4.79 Å². The van der Waals surface area contributed by atoms with Crippen LogP contribution in [-0.2, 0) is 6.42 Å². The number of hydrogen-bond donors (Lipinski definition) is 1. The zero-order valence-electron chi connectivity index (χ0n) is 11.3. The van der Waals surface area contributed by atoms with Gasteiger partial charge in [-0.15, -0.1) is 0 Å². The predicted octanol–water partition coefficient (Wildman–Crippen LogP) is 2.11. The molecule has 2 heterocycles. The number of carbonyl (C=O) groups excluding carboxylic acids is 1. The molecule has 3 rings (SSSR count). The van der Waals surface area contributed by atoms with E-state index in [1.807, 2.05) is 12.1 Å². The van der Waals surface area contributed by atoms with E-state index in [4.69, 9.17) is 0 Å². The highest BCUT2D eigenvalue weighted by molar-refractivity contribution is 6.03. The number of aryl methyl sites for hydroxylation is 1. The molecule has 1 N–H and O–H groups in total. The molecule has 1 amide bonds. The average Bonchev–Trinajstić information content (AvgIpc) is 2.49. The van der Waals surface area contributed by atoms with Crippen molar-refractivity contribution in [1.29, 1.82) is 0 Å². The number of carbonyl (C=O) groups is 1. The molecule has 1 aromatic carbocycles. The number of anilines is 2. The summed E-state index contributed by atoms with van der Waals surface area (Å²) in [6.45, 7) is 1.05. The molecule has 0 radical (unpaired) electrons. The second-order valence-electron chi connectivity index (χ2n) is 4.92. The Hall–Kier alpha value is -2.43. The Labute approximate surface area is 117 Å². The maximum atomic E-state index is 12.0. The van der Waals surface area contributed by atoms with Crippen molar-refractivity contribution >= 4 is 17.3 Å². The van der Waals surface area contributed by atoms with Gasteiger partial charge in [-0.25, -0.2) is 9.97 Å². The van der Waals surface area contributed by atoms with E-state index in [1.165, 1.54) is 24.0 Å². The minimum Gasteiger partial charge on any atom is -0.374 e. The standard InChI is InChI=1S/C15H16N4O/c1-19-8-2-3-11-4-5-12(9-14(11)19)18-15(20)13-6-7-16-10-17-13/h4-7,9-10H,2-3,8H2,1H3,(H,18,20). The SMILES string of the molecule is CN1CCCc2ccc(NC(=O)c3ccncn3)cc21. The highest BCUT2D eigenvalue weighted by Gasteiger charge is 2.15. The van der Waals surface area contributed by atoms with Crippen molar-refractivity contribution in [2.75, 3.05) is 23.8 Å². The molecule has 1 aromatic heterocycles. The van der Waals surface area contributed by atoms with Crippen molar-refractivity contribution in [2.24, 2.45) is 0 Å². The van der Waals surface area contributed by atoms with Gasteiger partial charge < -0.3 is 10.2 Å². The van der Waals surface area contributed by atoms with Gasteiger partial charge in [0.1, 0.15) is 12.0 Å². The molecular formula is C15H16N4O. The minimum absolute atomic E-state index is 0.217. The topological polar surface area (TPSA) is 58.1 Å². The van der Waals surface area contributed by atoms with Gasteiger partial charge in [0.2, 0.25) is 0 Å². The Morgan fingerprint density at radius 3 is 3.05 bits per heavy atom. The molecule has 0 fully saturated rings. The lowest BCUT2D eigenvalue weighted by Gasteiger charge is -2.28. The molecule has 1 aliphatic rings. The lowest BCUT2D eigenvalue weighted by molar-refractivity contribution is 0.102. The van der Waals surface area contributed by atoms with Crippen molar-refractivity contribution in [3.63, 3.8) is 0 Å². The Morgan fingerprint density at radius 2 is 2.25 bits per heavy atom. The molecule has 0 bridgehead atoms. The summed E-state index contributed by atoms with van der Waals surface area (Å²) in [4.78, 5) is 22.0. The minimum atomic E-state index is -0.217. The third-order valence-corrected chi connectivity index (χ3v) is 3.51. The molecule has 0 atom stereocenters. The fourth-order valence-electron chi connectivity index (χ4n) is 2.46. The van der Waals surface area contributed by atoms with E-state index in [9.17, 15) is 4.79 Å². The summed E-state index contributed by atoms with van der Waals surface area (Å²) in [6, 6.07) is 7.64. The van der Waals surface area contributed by atoms with Crippen LogP contribution in [0.25, 0.3) is 0 Å². The van der Waals surface area contributed by atoms with E-state index in [2.05, 4.69) is 33.3 Å². The first-order valence-corrected chi connectivity index (χ1v) is 6.65. The van der Waals surface area contributed by atoms with Crippen molar-refractivity contribution in [1.82, 2.24) is 9.97 Å². The number of nitrogens with one attached hydrogen (secondary N) is 1. The first kappa shape index (κ1) is 12.6. The molecule has 0 saturated heterocycles. The van der Waals surface area contributed by atoms with Crippen LogP contribution in [0.15, 0.2) is 36.8 Å². The third kappa shape index (κ3) is 2.47. The van der Waals surface area contributed by atoms with Crippen LogP contribution in [0.3, 0.4) is 0 Å². The van der Waals surface area contributed by atoms with Gasteiger partial charge in [0.05, 0.1) is 0 Å². The van der Waals surface area contributed by atoms with Gasteiger partial charge in [0.25, 0.3) is 5.91 Å². The number of aromatic nitrogens is 2. The van der Waals surface area contributed by atoms with Crippen LogP contribution < -0.4 is 10.2 Å². The van der Waals surface area contributed by atoms with Gasteiger partial charge in [0, 0.05) is 31.2 Å². The van der Waals surface area contributed by atoms with Gasteiger partial charge >= 0.3 is 0 Å². The molecule has 2 aromatic rings. The molecule has 0 saturated carbocycles. The molecule has 1 aliphatic heterocycles. The Bertz CT molecular complexity index is 627. The van der Waals surface area contributed by atoms with Crippen LogP contribution in [-0.4, -0.2) is 29.5 Å². The fourth-order valence-corrected chi connectivity index (χ4v) is 2.46. The van der Waals surface area contributed by atoms with Crippen molar-refractivity contribution in [3.8, 4) is 0 Å². The number of benzene rings is 1. The summed E-state index contributed by atoms with van der Waals surface area (Å²) in [6.07, 6.45) is 5.20. The van der Waals surface area contributed by atoms with Gasteiger partial charge in [-0.1, -0.05) is 6.07 Å². The number of hydrogen-bond acceptors (Lipinski definition) is 4. The van der Waals surface area contributed by atoms with Crippen LogP contribution in [0.5, 0.6) is 0 Å². The molecule has 20 heavy (non-hydrogen) atoms. The molecule has 0 unspecified atom stereocenters. The van der Waals surface area contributed by atoms with Crippen LogP contribution in [0.1, 0.15) is 22.5 Å². The second kappa shape index (κ2) is 5.28. The van der Waals surface area contributed by atoms with Crippen molar-refractivity contribution < 1.29 is 4.79 Å². The molecule has 0 aliphatic carbocycles. The predicted molar refractivity (Wildman–Crippen MR) is 78.0 cm³/mol. The average molecular weight is 268 g/mol. The van der Waals surface area contributed by atoms with Crippen LogP contribution in [0.2, 0.25) is 0 Å². The molecule has 5 nitrogen and oxygen atoms in total. The maximum Gasteiger partial charge on any atom is 0.274 e. The zero-order valence-corrected chi connectivity index (χ0v) is 11.3. The number of fused-ring (bicyclic) bond motifs is 1. The summed E-state index contributed by atoms with van der Waals surface area (Å²) in [5, 5.41) is 2.87. The summed E-state index contributed by atoms with van der Waals surface area (Å²) in [5.41, 5.74) is 3.68. The fraction of sp³-hybridized carbons (Fsp3) is 0.267. The molecule has 0 spiro atoms. The highest BCUT2D eigenvalue weighted by atomic mass is 16.1. The maximum absolute atomic E-state index is 12.0. The van der Waals surface area contributed by atoms with E-state index in [-0.39, 0.29) is 5.91 Å². The first-order valence-electron chi connectivity index (χ1n) is 6.65. The van der Waals surface area contributed by atoms with Crippen LogP contribution in [0, 0.1) is 0 Å². The lowest BCUT2D eigenvalue weighted by atomic mass is 10.0. The zero-order chi connectivity index (χ0) is 13.9. The van der Waals surface area contributed by atoms with Crippen molar-refractivity contribution in [2.45, 2.75) is 12.8 Å². The van der Waals surface area contributed by atoms with E-state index >= 15 is 0 Å². The summed E-state index contributed by atoms with van der Waals surface area (Å²) in [7, 11) is 2.08. The number of amides is 1. The summed E-state index contributed by atoms with van der Waals surface area (Å²) in [5.74, 6) is -0.217. The number of rotatable bonds is 2. The quantitative estimate of drug-likeness (QED) is 0.906. The smallest absolute Gasteiger partial charge is 0.274 e. The van der Waals surface area contributed by atoms with Crippen LogP contribution in [0.4, 0.5) is 11.4 Å². The number of nitrogens with zero attached hydrogens (tertiary/aromatic N) is 3. The Morgan fingerprint density at radius 1 is 1.35 bits per heavy atom. The van der Waals surface area contributed by atoms with Crippen LogP contribution >= 0.6 is 0 Å². The Balaban J connectivity index is 1.82. The first-order chi connectivity index (χ1) is 9.74. The van der Waals surface area contributed by atoms with Gasteiger partial charge in [-0.05, 0) is 36.6 Å².